The highest BCUT2D eigenvalue weighted by Crippen LogP contribution is 2.43. The smallest absolute Gasteiger partial charge is 0.115 e. The molecular formula is C10H18FNO. The van der Waals surface area contributed by atoms with Crippen LogP contribution in [0.2, 0.25) is 0 Å². The molecule has 3 heteroatoms. The van der Waals surface area contributed by atoms with E-state index in [9.17, 15) is 4.39 Å². The molecule has 0 spiro atoms. The highest BCUT2D eigenvalue weighted by atomic mass is 19.1. The van der Waals surface area contributed by atoms with Gasteiger partial charge in [-0.15, -0.1) is 0 Å². The first kappa shape index (κ1) is 9.41. The van der Waals surface area contributed by atoms with Crippen molar-refractivity contribution in [3.63, 3.8) is 0 Å². The summed E-state index contributed by atoms with van der Waals surface area (Å²) in [5.41, 5.74) is 0.0353. The Labute approximate surface area is 79.1 Å². The molecule has 2 fully saturated rings. The first-order valence-corrected chi connectivity index (χ1v) is 5.08. The number of hydrogen-bond acceptors (Lipinski definition) is 2. The fourth-order valence-corrected chi connectivity index (χ4v) is 3.01. The predicted molar refractivity (Wildman–Crippen MR) is 49.5 cm³/mol. The van der Waals surface area contributed by atoms with Gasteiger partial charge in [0.2, 0.25) is 0 Å². The quantitative estimate of drug-likeness (QED) is 0.651. The Balaban J connectivity index is 2.14. The second kappa shape index (κ2) is 3.21. The van der Waals surface area contributed by atoms with E-state index >= 15 is 0 Å². The van der Waals surface area contributed by atoms with Gasteiger partial charge in [-0.1, -0.05) is 0 Å². The van der Waals surface area contributed by atoms with Gasteiger partial charge in [0.05, 0.1) is 6.61 Å². The van der Waals surface area contributed by atoms with Crippen LogP contribution in [0, 0.1) is 0 Å². The van der Waals surface area contributed by atoms with Gasteiger partial charge < -0.3 is 4.74 Å². The zero-order valence-corrected chi connectivity index (χ0v) is 8.42. The standard InChI is InChI=1S/C10H18FNO/c1-8-3-4-10(7-13-2)5-9(11)6-12(8)10/h8-9H,3-7H2,1-2H3/t8?,9-,10?/m1/s1. The molecule has 0 amide bonds. The summed E-state index contributed by atoms with van der Waals surface area (Å²) in [6.07, 6.45) is 2.32. The Hall–Kier alpha value is -0.150. The second-order valence-electron chi connectivity index (χ2n) is 4.50. The zero-order valence-electron chi connectivity index (χ0n) is 8.42. The van der Waals surface area contributed by atoms with Crippen LogP contribution in [0.1, 0.15) is 26.2 Å². The molecule has 2 heterocycles. The lowest BCUT2D eigenvalue weighted by molar-refractivity contribution is 0.0526. The van der Waals surface area contributed by atoms with Gasteiger partial charge in [0.15, 0.2) is 0 Å². The van der Waals surface area contributed by atoms with Gasteiger partial charge in [0.25, 0.3) is 0 Å². The summed E-state index contributed by atoms with van der Waals surface area (Å²) in [7, 11) is 1.71. The molecule has 2 unspecified atom stereocenters. The average Bonchev–Trinajstić information content (AvgIpc) is 2.51. The molecule has 2 aliphatic rings. The molecule has 0 aromatic heterocycles. The third kappa shape index (κ3) is 1.38. The Kier molecular flexibility index (Phi) is 2.32. The summed E-state index contributed by atoms with van der Waals surface area (Å²) in [5.74, 6) is 0. The Bertz CT molecular complexity index is 195. The van der Waals surface area contributed by atoms with E-state index in [1.165, 1.54) is 6.42 Å². The fourth-order valence-electron chi connectivity index (χ4n) is 3.01. The van der Waals surface area contributed by atoms with Gasteiger partial charge in [0.1, 0.15) is 6.17 Å². The summed E-state index contributed by atoms with van der Waals surface area (Å²) in [4.78, 5) is 2.31. The Morgan fingerprint density at radius 2 is 2.38 bits per heavy atom. The average molecular weight is 187 g/mol. The van der Waals surface area contributed by atoms with Crippen LogP contribution in [-0.4, -0.2) is 42.9 Å². The molecule has 0 aromatic rings. The first-order chi connectivity index (χ1) is 6.18. The van der Waals surface area contributed by atoms with Gasteiger partial charge >= 0.3 is 0 Å². The highest BCUT2D eigenvalue weighted by molar-refractivity contribution is 5.06. The van der Waals surface area contributed by atoms with E-state index in [1.54, 1.807) is 7.11 Å². The number of fused-ring (bicyclic) bond motifs is 1. The molecule has 0 radical (unpaired) electrons. The number of nitrogens with zero attached hydrogens (tertiary/aromatic N) is 1. The zero-order chi connectivity index (χ0) is 9.47. The van der Waals surface area contributed by atoms with Crippen molar-refractivity contribution < 1.29 is 9.13 Å². The van der Waals surface area contributed by atoms with Crippen LogP contribution in [0.25, 0.3) is 0 Å². The second-order valence-corrected chi connectivity index (χ2v) is 4.50. The third-order valence-electron chi connectivity index (χ3n) is 3.58. The number of alkyl halides is 1. The minimum atomic E-state index is -0.641. The van der Waals surface area contributed by atoms with Crippen molar-refractivity contribution in [1.29, 1.82) is 0 Å². The van der Waals surface area contributed by atoms with Crippen molar-refractivity contribution in [3.05, 3.63) is 0 Å². The molecular weight excluding hydrogens is 169 g/mol. The summed E-state index contributed by atoms with van der Waals surface area (Å²) < 4.78 is 18.5. The molecule has 13 heavy (non-hydrogen) atoms. The fraction of sp³-hybridized carbons (Fsp3) is 1.00. The third-order valence-corrected chi connectivity index (χ3v) is 3.58. The lowest BCUT2D eigenvalue weighted by atomic mass is 9.95. The Morgan fingerprint density at radius 3 is 3.08 bits per heavy atom. The molecule has 2 saturated heterocycles. The number of hydrogen-bond donors (Lipinski definition) is 0. The first-order valence-electron chi connectivity index (χ1n) is 5.08. The normalized spacial score (nSPS) is 45.5. The Morgan fingerprint density at radius 1 is 1.62 bits per heavy atom. The van der Waals surface area contributed by atoms with Gasteiger partial charge in [-0.05, 0) is 19.8 Å². The van der Waals surface area contributed by atoms with Crippen molar-refractivity contribution in [2.45, 2.75) is 43.9 Å². The summed E-state index contributed by atoms with van der Waals surface area (Å²) in [6.45, 7) is 3.50. The van der Waals surface area contributed by atoms with Crippen molar-refractivity contribution in [2.75, 3.05) is 20.3 Å². The van der Waals surface area contributed by atoms with Gasteiger partial charge in [-0.3, -0.25) is 4.90 Å². The molecule has 3 atom stereocenters. The van der Waals surface area contributed by atoms with Crippen LogP contribution in [0.5, 0.6) is 0 Å². The van der Waals surface area contributed by atoms with E-state index in [1.807, 2.05) is 0 Å². The minimum absolute atomic E-state index is 0.0353. The van der Waals surface area contributed by atoms with E-state index in [0.29, 0.717) is 25.6 Å². The van der Waals surface area contributed by atoms with Crippen LogP contribution in [0.4, 0.5) is 4.39 Å². The molecule has 0 N–H and O–H groups in total. The maximum Gasteiger partial charge on any atom is 0.115 e. The van der Waals surface area contributed by atoms with E-state index < -0.39 is 6.17 Å². The van der Waals surface area contributed by atoms with Crippen molar-refractivity contribution in [3.8, 4) is 0 Å². The van der Waals surface area contributed by atoms with Crippen LogP contribution < -0.4 is 0 Å². The van der Waals surface area contributed by atoms with E-state index in [0.717, 1.165) is 6.42 Å². The van der Waals surface area contributed by atoms with Crippen LogP contribution >= 0.6 is 0 Å². The highest BCUT2D eigenvalue weighted by Gasteiger charge is 2.51. The lowest BCUT2D eigenvalue weighted by Crippen LogP contribution is -2.44. The van der Waals surface area contributed by atoms with Gasteiger partial charge in [-0.25, -0.2) is 4.39 Å². The SMILES string of the molecule is COCC12CCC(C)N1C[C@H](F)C2. The topological polar surface area (TPSA) is 12.5 Å². The lowest BCUT2D eigenvalue weighted by Gasteiger charge is -2.32. The van der Waals surface area contributed by atoms with Gasteiger partial charge in [-0.2, -0.15) is 0 Å². The molecule has 0 aliphatic carbocycles. The van der Waals surface area contributed by atoms with E-state index in [2.05, 4.69) is 11.8 Å². The molecule has 0 aromatic carbocycles. The monoisotopic (exact) mass is 187 g/mol. The predicted octanol–water partition coefficient (Wildman–Crippen LogP) is 1.60. The minimum Gasteiger partial charge on any atom is -0.383 e. The van der Waals surface area contributed by atoms with E-state index in [-0.39, 0.29) is 5.54 Å². The molecule has 0 bridgehead atoms. The van der Waals surface area contributed by atoms with E-state index in [4.69, 9.17) is 4.74 Å². The number of ether oxygens (including phenoxy) is 1. The van der Waals surface area contributed by atoms with Crippen LogP contribution in [0.15, 0.2) is 0 Å². The van der Waals surface area contributed by atoms with Crippen molar-refractivity contribution in [2.24, 2.45) is 0 Å². The maximum atomic E-state index is 13.3. The number of methoxy groups -OCH3 is 1. The van der Waals surface area contributed by atoms with Crippen molar-refractivity contribution >= 4 is 0 Å². The number of rotatable bonds is 2. The summed E-state index contributed by atoms with van der Waals surface area (Å²) >= 11 is 0. The van der Waals surface area contributed by atoms with Crippen LogP contribution in [-0.2, 0) is 4.74 Å². The van der Waals surface area contributed by atoms with Gasteiger partial charge in [0, 0.05) is 31.7 Å². The maximum absolute atomic E-state index is 13.3. The summed E-state index contributed by atoms with van der Waals surface area (Å²) in [6, 6.07) is 0.538. The summed E-state index contributed by atoms with van der Waals surface area (Å²) in [5, 5.41) is 0. The molecule has 76 valence electrons. The molecule has 2 aliphatic heterocycles. The molecule has 2 nitrogen and oxygen atoms in total. The van der Waals surface area contributed by atoms with Crippen LogP contribution in [0.3, 0.4) is 0 Å². The van der Waals surface area contributed by atoms with Crippen molar-refractivity contribution in [1.82, 2.24) is 4.90 Å². The number of halogens is 1. The largest absolute Gasteiger partial charge is 0.383 e. The molecule has 2 rings (SSSR count). The molecule has 0 saturated carbocycles.